The van der Waals surface area contributed by atoms with Crippen LogP contribution in [0.25, 0.3) is 0 Å². The summed E-state index contributed by atoms with van der Waals surface area (Å²) >= 11 is 3.36. The Labute approximate surface area is 127 Å². The third-order valence-corrected chi connectivity index (χ3v) is 4.31. The number of hydrogen-bond donors (Lipinski definition) is 1. The van der Waals surface area contributed by atoms with Crippen LogP contribution in [0.4, 0.5) is 4.39 Å². The van der Waals surface area contributed by atoms with Crippen molar-refractivity contribution in [2.24, 2.45) is 0 Å². The van der Waals surface area contributed by atoms with Crippen molar-refractivity contribution in [3.8, 4) is 0 Å². The van der Waals surface area contributed by atoms with Gasteiger partial charge in [-0.2, -0.15) is 0 Å². The zero-order chi connectivity index (χ0) is 14.6. The standard InChI is InChI=1S/C17H18BrFO/c1-2-17(20,11-13-6-4-3-5-7-13)12-14-8-9-15(19)10-16(14)18/h3-10,20H,2,11-12H2,1H3. The van der Waals surface area contributed by atoms with Crippen LogP contribution in [0, 0.1) is 5.82 Å². The van der Waals surface area contributed by atoms with E-state index in [2.05, 4.69) is 15.9 Å². The Bertz CT molecular complexity index is 570. The molecule has 0 aliphatic carbocycles. The van der Waals surface area contributed by atoms with E-state index >= 15 is 0 Å². The van der Waals surface area contributed by atoms with Crippen molar-refractivity contribution in [3.05, 3.63) is 69.9 Å². The lowest BCUT2D eigenvalue weighted by molar-refractivity contribution is 0.0367. The van der Waals surface area contributed by atoms with E-state index in [9.17, 15) is 9.50 Å². The zero-order valence-electron chi connectivity index (χ0n) is 11.4. The van der Waals surface area contributed by atoms with Crippen LogP contribution < -0.4 is 0 Å². The Morgan fingerprint density at radius 1 is 1.10 bits per heavy atom. The molecule has 2 aromatic rings. The Hall–Kier alpha value is -1.19. The van der Waals surface area contributed by atoms with Gasteiger partial charge >= 0.3 is 0 Å². The summed E-state index contributed by atoms with van der Waals surface area (Å²) in [4.78, 5) is 0. The molecule has 0 radical (unpaired) electrons. The van der Waals surface area contributed by atoms with Gasteiger partial charge in [0.2, 0.25) is 0 Å². The van der Waals surface area contributed by atoms with Crippen molar-refractivity contribution in [2.45, 2.75) is 31.8 Å². The Morgan fingerprint density at radius 2 is 1.80 bits per heavy atom. The average molecular weight is 337 g/mol. The summed E-state index contributed by atoms with van der Waals surface area (Å²) in [5, 5.41) is 10.8. The molecule has 2 rings (SSSR count). The quantitative estimate of drug-likeness (QED) is 0.851. The molecule has 0 spiro atoms. The molecule has 0 aromatic heterocycles. The SMILES string of the molecule is CCC(O)(Cc1ccccc1)Cc1ccc(F)cc1Br. The van der Waals surface area contributed by atoms with E-state index in [1.54, 1.807) is 6.07 Å². The Balaban J connectivity index is 2.18. The molecule has 0 amide bonds. The summed E-state index contributed by atoms with van der Waals surface area (Å²) in [6.45, 7) is 1.97. The second-order valence-electron chi connectivity index (χ2n) is 5.15. The molecule has 106 valence electrons. The van der Waals surface area contributed by atoms with Crippen molar-refractivity contribution in [2.75, 3.05) is 0 Å². The molecule has 0 aliphatic heterocycles. The van der Waals surface area contributed by atoms with Gasteiger partial charge < -0.3 is 5.11 Å². The van der Waals surface area contributed by atoms with Crippen molar-refractivity contribution in [3.63, 3.8) is 0 Å². The Morgan fingerprint density at radius 3 is 2.40 bits per heavy atom. The first kappa shape index (κ1) is 15.2. The van der Waals surface area contributed by atoms with Crippen LogP contribution in [0.5, 0.6) is 0 Å². The van der Waals surface area contributed by atoms with Crippen molar-refractivity contribution in [1.29, 1.82) is 0 Å². The lowest BCUT2D eigenvalue weighted by atomic mass is 9.86. The normalized spacial score (nSPS) is 14.0. The van der Waals surface area contributed by atoms with Crippen molar-refractivity contribution < 1.29 is 9.50 Å². The molecule has 0 bridgehead atoms. The second kappa shape index (κ2) is 6.51. The van der Waals surface area contributed by atoms with E-state index in [0.717, 1.165) is 11.1 Å². The number of hydrogen-bond acceptors (Lipinski definition) is 1. The monoisotopic (exact) mass is 336 g/mol. The van der Waals surface area contributed by atoms with Gasteiger partial charge in [-0.25, -0.2) is 4.39 Å². The predicted octanol–water partition coefficient (Wildman–Crippen LogP) is 4.51. The average Bonchev–Trinajstić information content (AvgIpc) is 2.43. The predicted molar refractivity (Wildman–Crippen MR) is 83.2 cm³/mol. The van der Waals surface area contributed by atoms with Gasteiger partial charge in [-0.15, -0.1) is 0 Å². The molecule has 1 atom stereocenters. The van der Waals surface area contributed by atoms with E-state index in [0.29, 0.717) is 23.7 Å². The number of aliphatic hydroxyl groups is 1. The molecule has 3 heteroatoms. The van der Waals surface area contributed by atoms with Crippen molar-refractivity contribution in [1.82, 2.24) is 0 Å². The first-order valence-electron chi connectivity index (χ1n) is 6.73. The molecule has 0 fully saturated rings. The number of halogens is 2. The fourth-order valence-corrected chi connectivity index (χ4v) is 2.80. The van der Waals surface area contributed by atoms with Crippen LogP contribution >= 0.6 is 15.9 Å². The molecular weight excluding hydrogens is 319 g/mol. The maximum atomic E-state index is 13.1. The summed E-state index contributed by atoms with van der Waals surface area (Å²) < 4.78 is 13.8. The van der Waals surface area contributed by atoms with Gasteiger partial charge in [-0.05, 0) is 29.7 Å². The highest BCUT2D eigenvalue weighted by molar-refractivity contribution is 9.10. The third-order valence-electron chi connectivity index (χ3n) is 3.57. The first-order valence-corrected chi connectivity index (χ1v) is 7.52. The molecule has 0 aliphatic rings. The maximum absolute atomic E-state index is 13.1. The molecule has 1 N–H and O–H groups in total. The minimum atomic E-state index is -0.818. The lowest BCUT2D eigenvalue weighted by Crippen LogP contribution is -2.33. The van der Waals surface area contributed by atoms with Crippen LogP contribution in [-0.4, -0.2) is 10.7 Å². The molecule has 2 aromatic carbocycles. The number of benzene rings is 2. The summed E-state index contributed by atoms with van der Waals surface area (Å²) in [5.74, 6) is -0.274. The molecule has 1 nitrogen and oxygen atoms in total. The minimum absolute atomic E-state index is 0.274. The maximum Gasteiger partial charge on any atom is 0.124 e. The fourth-order valence-electron chi connectivity index (χ4n) is 2.31. The van der Waals surface area contributed by atoms with Gasteiger partial charge in [0.15, 0.2) is 0 Å². The van der Waals surface area contributed by atoms with Gasteiger partial charge in [0.1, 0.15) is 5.82 Å². The summed E-state index contributed by atoms with van der Waals surface area (Å²) in [6.07, 6.45) is 1.74. The third kappa shape index (κ3) is 3.90. The highest BCUT2D eigenvalue weighted by Crippen LogP contribution is 2.27. The number of rotatable bonds is 5. The lowest BCUT2D eigenvalue weighted by Gasteiger charge is -2.27. The van der Waals surface area contributed by atoms with Crippen LogP contribution in [0.3, 0.4) is 0 Å². The van der Waals surface area contributed by atoms with E-state index in [1.807, 2.05) is 37.3 Å². The van der Waals surface area contributed by atoms with Crippen LogP contribution in [0.1, 0.15) is 24.5 Å². The molecular formula is C17H18BrFO. The van der Waals surface area contributed by atoms with Gasteiger partial charge in [0, 0.05) is 17.3 Å². The first-order chi connectivity index (χ1) is 9.52. The summed E-state index contributed by atoms with van der Waals surface area (Å²) in [6, 6.07) is 14.5. The van der Waals surface area contributed by atoms with Crippen molar-refractivity contribution >= 4 is 15.9 Å². The van der Waals surface area contributed by atoms with Gasteiger partial charge in [-0.3, -0.25) is 0 Å². The van der Waals surface area contributed by atoms with Gasteiger partial charge in [0.25, 0.3) is 0 Å². The highest BCUT2D eigenvalue weighted by Gasteiger charge is 2.26. The molecule has 0 saturated heterocycles. The minimum Gasteiger partial charge on any atom is -0.389 e. The van der Waals surface area contributed by atoms with Crippen LogP contribution in [0.2, 0.25) is 0 Å². The smallest absolute Gasteiger partial charge is 0.124 e. The van der Waals surface area contributed by atoms with Crippen LogP contribution in [-0.2, 0) is 12.8 Å². The summed E-state index contributed by atoms with van der Waals surface area (Å²) in [5.41, 5.74) is 1.21. The van der Waals surface area contributed by atoms with E-state index in [1.165, 1.54) is 12.1 Å². The molecule has 0 saturated carbocycles. The van der Waals surface area contributed by atoms with Gasteiger partial charge in [0.05, 0.1) is 5.60 Å². The highest BCUT2D eigenvalue weighted by atomic mass is 79.9. The molecule has 1 unspecified atom stereocenters. The second-order valence-corrected chi connectivity index (χ2v) is 6.01. The zero-order valence-corrected chi connectivity index (χ0v) is 13.0. The fraction of sp³-hybridized carbons (Fsp3) is 0.294. The van der Waals surface area contributed by atoms with E-state index < -0.39 is 5.60 Å². The van der Waals surface area contributed by atoms with E-state index in [4.69, 9.17) is 0 Å². The summed E-state index contributed by atoms with van der Waals surface area (Å²) in [7, 11) is 0. The largest absolute Gasteiger partial charge is 0.389 e. The topological polar surface area (TPSA) is 20.2 Å². The molecule has 0 heterocycles. The van der Waals surface area contributed by atoms with Crippen LogP contribution in [0.15, 0.2) is 53.0 Å². The van der Waals surface area contributed by atoms with E-state index in [-0.39, 0.29) is 5.82 Å². The Kier molecular flexibility index (Phi) is 4.95. The van der Waals surface area contributed by atoms with Gasteiger partial charge in [-0.1, -0.05) is 59.3 Å². The molecule has 20 heavy (non-hydrogen) atoms.